The molecule has 210 valence electrons. The van der Waals surface area contributed by atoms with Gasteiger partial charge in [0.15, 0.2) is 11.0 Å². The molecular weight excluding hydrogens is 611 g/mol. The first-order valence-electron chi connectivity index (χ1n) is 12.7. The molecule has 41 heavy (non-hydrogen) atoms. The molecule has 9 nitrogen and oxygen atoms in total. The molecule has 0 saturated carbocycles. The summed E-state index contributed by atoms with van der Waals surface area (Å²) in [5.41, 5.74) is 2.96. The maximum absolute atomic E-state index is 13.6. The van der Waals surface area contributed by atoms with E-state index in [9.17, 15) is 14.0 Å². The lowest BCUT2D eigenvalue weighted by Crippen LogP contribution is -2.28. The molecule has 0 fully saturated rings. The highest BCUT2D eigenvalue weighted by Crippen LogP contribution is 2.34. The van der Waals surface area contributed by atoms with Gasteiger partial charge in [-0.25, -0.2) is 9.40 Å². The predicted molar refractivity (Wildman–Crippen MR) is 157 cm³/mol. The molecule has 1 aliphatic heterocycles. The smallest absolute Gasteiger partial charge is 0.253 e. The Morgan fingerprint density at radius 2 is 1.85 bits per heavy atom. The Hall–Kier alpha value is -4.03. The monoisotopic (exact) mass is 636 g/mol. The molecule has 0 unspecified atom stereocenters. The van der Waals surface area contributed by atoms with Gasteiger partial charge >= 0.3 is 0 Å². The molecule has 0 aliphatic carbocycles. The maximum atomic E-state index is 13.6. The van der Waals surface area contributed by atoms with Gasteiger partial charge in [-0.2, -0.15) is 5.10 Å². The molecule has 5 rings (SSSR count). The summed E-state index contributed by atoms with van der Waals surface area (Å²) in [4.78, 5) is 26.0. The lowest BCUT2D eigenvalue weighted by Gasteiger charge is -2.22. The number of hydrazone groups is 1. The molecule has 1 aliphatic rings. The van der Waals surface area contributed by atoms with Crippen LogP contribution in [0.2, 0.25) is 0 Å². The van der Waals surface area contributed by atoms with E-state index < -0.39 is 0 Å². The third-order valence-corrected chi connectivity index (χ3v) is 8.12. The normalized spacial score (nSPS) is 14.6. The average molecular weight is 638 g/mol. The highest BCUT2D eigenvalue weighted by Gasteiger charge is 2.33. The molecule has 0 bridgehead atoms. The van der Waals surface area contributed by atoms with Crippen LogP contribution in [-0.4, -0.2) is 50.2 Å². The lowest BCUT2D eigenvalue weighted by atomic mass is 9.98. The number of aromatic nitrogens is 3. The Kier molecular flexibility index (Phi) is 8.79. The van der Waals surface area contributed by atoms with Crippen LogP contribution in [0.3, 0.4) is 0 Å². The van der Waals surface area contributed by atoms with Gasteiger partial charge in [-0.1, -0.05) is 58.0 Å². The fourth-order valence-electron chi connectivity index (χ4n) is 4.34. The minimum atomic E-state index is -0.357. The molecule has 1 N–H and O–H groups in total. The van der Waals surface area contributed by atoms with E-state index in [0.29, 0.717) is 28.7 Å². The van der Waals surface area contributed by atoms with Crippen LogP contribution >= 0.6 is 27.7 Å². The standard InChI is InChI=1S/C29H26BrFN6O3S/c1-36-26(16-32-28(39)20-4-3-5-23(14-20)40-2)33-34-29(36)41-17-27(38)37-25(19-8-12-22(31)13-9-19)15-24(35-37)18-6-10-21(30)11-7-18/h3-14,25H,15-17H2,1-2H3,(H,32,39)/t25-/m0/s1. The van der Waals surface area contributed by atoms with E-state index in [1.54, 1.807) is 55.1 Å². The van der Waals surface area contributed by atoms with Crippen LogP contribution in [0.25, 0.3) is 0 Å². The second kappa shape index (κ2) is 12.6. The summed E-state index contributed by atoms with van der Waals surface area (Å²) in [6.07, 6.45) is 0.505. The van der Waals surface area contributed by atoms with Gasteiger partial charge in [0.2, 0.25) is 0 Å². The molecular formula is C29H26BrFN6O3S. The number of carbonyl (C=O) groups excluding carboxylic acids is 2. The summed E-state index contributed by atoms with van der Waals surface area (Å²) in [5.74, 6) is 0.373. The van der Waals surface area contributed by atoms with Crippen molar-refractivity contribution in [1.29, 1.82) is 0 Å². The van der Waals surface area contributed by atoms with Crippen molar-refractivity contribution >= 4 is 45.2 Å². The lowest BCUT2D eigenvalue weighted by molar-refractivity contribution is -0.130. The average Bonchev–Trinajstić information content (AvgIpc) is 3.59. The van der Waals surface area contributed by atoms with Gasteiger partial charge in [0.1, 0.15) is 11.6 Å². The Morgan fingerprint density at radius 3 is 2.59 bits per heavy atom. The van der Waals surface area contributed by atoms with Crippen molar-refractivity contribution in [2.24, 2.45) is 12.1 Å². The van der Waals surface area contributed by atoms with Crippen molar-refractivity contribution in [2.45, 2.75) is 24.2 Å². The first kappa shape index (κ1) is 28.5. The number of nitrogens with zero attached hydrogens (tertiary/aromatic N) is 5. The fraction of sp³-hybridized carbons (Fsp3) is 0.207. The van der Waals surface area contributed by atoms with E-state index in [1.165, 1.54) is 28.9 Å². The molecule has 0 saturated heterocycles. The number of carbonyl (C=O) groups is 2. The second-order valence-corrected chi connectivity index (χ2v) is 11.1. The van der Waals surface area contributed by atoms with E-state index >= 15 is 0 Å². The van der Waals surface area contributed by atoms with Crippen molar-refractivity contribution in [1.82, 2.24) is 25.1 Å². The van der Waals surface area contributed by atoms with Crippen molar-refractivity contribution in [3.63, 3.8) is 0 Å². The molecule has 0 spiro atoms. The maximum Gasteiger partial charge on any atom is 0.253 e. The third-order valence-electron chi connectivity index (χ3n) is 6.59. The van der Waals surface area contributed by atoms with Crippen molar-refractivity contribution in [2.75, 3.05) is 12.9 Å². The predicted octanol–water partition coefficient (Wildman–Crippen LogP) is 5.13. The van der Waals surface area contributed by atoms with Crippen LogP contribution in [0, 0.1) is 5.82 Å². The zero-order chi connectivity index (χ0) is 28.9. The second-order valence-electron chi connectivity index (χ2n) is 9.22. The first-order valence-corrected chi connectivity index (χ1v) is 14.4. The molecule has 3 aromatic carbocycles. The highest BCUT2D eigenvalue weighted by atomic mass is 79.9. The zero-order valence-corrected chi connectivity index (χ0v) is 24.7. The van der Waals surface area contributed by atoms with Crippen LogP contribution in [0.5, 0.6) is 5.75 Å². The molecule has 1 atom stereocenters. The number of benzene rings is 3. The number of methoxy groups -OCH3 is 1. The van der Waals surface area contributed by atoms with Crippen LogP contribution in [-0.2, 0) is 18.4 Å². The summed E-state index contributed by atoms with van der Waals surface area (Å²) < 4.78 is 21.5. The van der Waals surface area contributed by atoms with Gasteiger partial charge in [-0.05, 0) is 53.6 Å². The number of hydrogen-bond donors (Lipinski definition) is 1. The van der Waals surface area contributed by atoms with E-state index in [4.69, 9.17) is 4.74 Å². The summed E-state index contributed by atoms with van der Waals surface area (Å²) in [6.45, 7) is 0.160. The van der Waals surface area contributed by atoms with Crippen molar-refractivity contribution < 1.29 is 18.7 Å². The number of rotatable bonds is 9. The van der Waals surface area contributed by atoms with Crippen LogP contribution in [0.1, 0.15) is 39.8 Å². The highest BCUT2D eigenvalue weighted by molar-refractivity contribution is 9.10. The summed E-state index contributed by atoms with van der Waals surface area (Å²) in [6, 6.07) is 20.4. The Bertz CT molecular complexity index is 1590. The van der Waals surface area contributed by atoms with Gasteiger partial charge in [0, 0.05) is 23.5 Å². The molecule has 2 amide bonds. The number of halogens is 2. The minimum Gasteiger partial charge on any atom is -0.497 e. The largest absolute Gasteiger partial charge is 0.497 e. The Balaban J connectivity index is 1.26. The molecule has 4 aromatic rings. The number of amides is 2. The fourth-order valence-corrected chi connectivity index (χ4v) is 5.39. The quantitative estimate of drug-likeness (QED) is 0.256. The van der Waals surface area contributed by atoms with Crippen LogP contribution in [0.15, 0.2) is 87.5 Å². The molecule has 12 heteroatoms. The SMILES string of the molecule is COc1cccc(C(=O)NCc2nnc(SCC(=O)N3N=C(c4ccc(Br)cc4)C[C@H]3c3ccc(F)cc3)n2C)c1. The van der Waals surface area contributed by atoms with Crippen LogP contribution < -0.4 is 10.1 Å². The molecule has 1 aromatic heterocycles. The van der Waals surface area contributed by atoms with Crippen molar-refractivity contribution in [3.8, 4) is 5.75 Å². The Morgan fingerprint density at radius 1 is 1.10 bits per heavy atom. The van der Waals surface area contributed by atoms with Gasteiger partial charge in [0.05, 0.1) is 31.2 Å². The van der Waals surface area contributed by atoms with Crippen LogP contribution in [0.4, 0.5) is 4.39 Å². The van der Waals surface area contributed by atoms with Crippen molar-refractivity contribution in [3.05, 3.63) is 106 Å². The summed E-state index contributed by atoms with van der Waals surface area (Å²) >= 11 is 4.68. The van der Waals surface area contributed by atoms with E-state index in [1.807, 2.05) is 24.3 Å². The van der Waals surface area contributed by atoms with E-state index in [2.05, 4.69) is 36.5 Å². The van der Waals surface area contributed by atoms with Gasteiger partial charge in [0.25, 0.3) is 11.8 Å². The summed E-state index contributed by atoms with van der Waals surface area (Å²) in [5, 5.41) is 17.9. The zero-order valence-electron chi connectivity index (χ0n) is 22.3. The minimum absolute atomic E-state index is 0.0664. The Labute approximate surface area is 248 Å². The third kappa shape index (κ3) is 6.66. The van der Waals surface area contributed by atoms with Gasteiger partial charge in [-0.15, -0.1) is 10.2 Å². The topological polar surface area (TPSA) is 102 Å². The van der Waals surface area contributed by atoms with Gasteiger partial charge in [-0.3, -0.25) is 9.59 Å². The number of thioether (sulfide) groups is 1. The molecule has 2 heterocycles. The van der Waals surface area contributed by atoms with Gasteiger partial charge < -0.3 is 14.6 Å². The number of hydrogen-bond acceptors (Lipinski definition) is 7. The number of nitrogens with one attached hydrogen (secondary N) is 1. The number of ether oxygens (including phenoxy) is 1. The first-order chi connectivity index (χ1) is 19.8. The molecule has 0 radical (unpaired) electrons. The van der Waals surface area contributed by atoms with E-state index in [-0.39, 0.29) is 36.0 Å². The van der Waals surface area contributed by atoms with E-state index in [0.717, 1.165) is 21.3 Å². The summed E-state index contributed by atoms with van der Waals surface area (Å²) in [7, 11) is 3.32.